The van der Waals surface area contributed by atoms with Gasteiger partial charge in [0.1, 0.15) is 0 Å². The van der Waals surface area contributed by atoms with Crippen LogP contribution in [0.2, 0.25) is 0 Å². The SMILES string of the molecule is C=C1CC=CC(C(=O)OCC)=C2CCC(C)C12. The molecular weight excluding hydrogens is 212 g/mol. The maximum atomic E-state index is 11.9. The summed E-state index contributed by atoms with van der Waals surface area (Å²) in [5.41, 5.74) is 3.26. The molecule has 17 heavy (non-hydrogen) atoms. The van der Waals surface area contributed by atoms with Crippen molar-refractivity contribution >= 4 is 5.97 Å². The molecule has 0 spiro atoms. The Labute approximate surface area is 103 Å². The largest absolute Gasteiger partial charge is 0.462 e. The highest BCUT2D eigenvalue weighted by atomic mass is 16.5. The number of fused-ring (bicyclic) bond motifs is 1. The lowest BCUT2D eigenvalue weighted by Gasteiger charge is -2.19. The fourth-order valence-corrected chi connectivity index (χ4v) is 2.97. The average molecular weight is 232 g/mol. The Morgan fingerprint density at radius 3 is 3.06 bits per heavy atom. The first-order valence-corrected chi connectivity index (χ1v) is 6.39. The van der Waals surface area contributed by atoms with Crippen molar-refractivity contribution in [3.63, 3.8) is 0 Å². The van der Waals surface area contributed by atoms with Crippen LogP contribution in [-0.2, 0) is 9.53 Å². The lowest BCUT2D eigenvalue weighted by Crippen LogP contribution is -2.13. The van der Waals surface area contributed by atoms with Gasteiger partial charge in [0.2, 0.25) is 0 Å². The summed E-state index contributed by atoms with van der Waals surface area (Å²) in [6.07, 6.45) is 6.99. The van der Waals surface area contributed by atoms with Crippen LogP contribution in [0.5, 0.6) is 0 Å². The highest BCUT2D eigenvalue weighted by Gasteiger charge is 2.34. The van der Waals surface area contributed by atoms with E-state index in [1.165, 1.54) is 11.1 Å². The molecule has 1 saturated carbocycles. The van der Waals surface area contributed by atoms with Crippen molar-refractivity contribution in [1.82, 2.24) is 0 Å². The standard InChI is InChI=1S/C15H20O2/c1-4-17-15(16)13-7-5-6-10(2)14-11(3)8-9-12(13)14/h5,7,11,14H,2,4,6,8-9H2,1,3H3. The first-order valence-electron chi connectivity index (χ1n) is 6.39. The normalized spacial score (nSPS) is 28.0. The van der Waals surface area contributed by atoms with Gasteiger partial charge in [-0.1, -0.05) is 31.2 Å². The van der Waals surface area contributed by atoms with Gasteiger partial charge in [0.25, 0.3) is 0 Å². The Morgan fingerprint density at radius 2 is 2.35 bits per heavy atom. The zero-order valence-electron chi connectivity index (χ0n) is 10.7. The van der Waals surface area contributed by atoms with Crippen LogP contribution in [-0.4, -0.2) is 12.6 Å². The second-order valence-electron chi connectivity index (χ2n) is 4.92. The molecule has 0 N–H and O–H groups in total. The molecule has 1 fully saturated rings. The van der Waals surface area contributed by atoms with E-state index in [2.05, 4.69) is 13.5 Å². The average Bonchev–Trinajstić information content (AvgIpc) is 2.57. The van der Waals surface area contributed by atoms with Crippen molar-refractivity contribution < 1.29 is 9.53 Å². The first kappa shape index (κ1) is 12.2. The lowest BCUT2D eigenvalue weighted by atomic mass is 9.86. The third kappa shape index (κ3) is 2.21. The van der Waals surface area contributed by atoms with Crippen molar-refractivity contribution in [3.05, 3.63) is 35.5 Å². The van der Waals surface area contributed by atoms with Gasteiger partial charge in [0.15, 0.2) is 0 Å². The first-order chi connectivity index (χ1) is 8.15. The fraction of sp³-hybridized carbons (Fsp3) is 0.533. The van der Waals surface area contributed by atoms with E-state index in [4.69, 9.17) is 4.74 Å². The molecule has 0 saturated heterocycles. The van der Waals surface area contributed by atoms with Gasteiger partial charge in [-0.25, -0.2) is 4.79 Å². The van der Waals surface area contributed by atoms with Crippen molar-refractivity contribution in [2.75, 3.05) is 6.61 Å². The van der Waals surface area contributed by atoms with Crippen LogP contribution in [0.3, 0.4) is 0 Å². The Hall–Kier alpha value is -1.31. The third-order valence-corrected chi connectivity index (χ3v) is 3.76. The van der Waals surface area contributed by atoms with Crippen LogP contribution in [0.4, 0.5) is 0 Å². The smallest absolute Gasteiger partial charge is 0.338 e. The van der Waals surface area contributed by atoms with Gasteiger partial charge < -0.3 is 4.74 Å². The van der Waals surface area contributed by atoms with Gasteiger partial charge in [0.05, 0.1) is 12.2 Å². The zero-order valence-corrected chi connectivity index (χ0v) is 10.7. The van der Waals surface area contributed by atoms with Gasteiger partial charge in [0, 0.05) is 5.92 Å². The number of allylic oxidation sites excluding steroid dienone is 3. The Bertz CT molecular complexity index is 401. The lowest BCUT2D eigenvalue weighted by molar-refractivity contribution is -0.138. The quantitative estimate of drug-likeness (QED) is 0.538. The van der Waals surface area contributed by atoms with Crippen molar-refractivity contribution in [2.45, 2.75) is 33.1 Å². The van der Waals surface area contributed by atoms with Crippen LogP contribution >= 0.6 is 0 Å². The number of ether oxygens (including phenoxy) is 1. The highest BCUT2D eigenvalue weighted by Crippen LogP contribution is 2.44. The molecule has 2 aliphatic carbocycles. The number of hydrogen-bond donors (Lipinski definition) is 0. The van der Waals surface area contributed by atoms with Crippen molar-refractivity contribution in [3.8, 4) is 0 Å². The summed E-state index contributed by atoms with van der Waals surface area (Å²) < 4.78 is 5.14. The molecule has 2 atom stereocenters. The number of esters is 1. The van der Waals surface area contributed by atoms with Crippen LogP contribution < -0.4 is 0 Å². The molecule has 2 nitrogen and oxygen atoms in total. The van der Waals surface area contributed by atoms with Crippen LogP contribution in [0.15, 0.2) is 35.5 Å². The molecule has 0 amide bonds. The monoisotopic (exact) mass is 232 g/mol. The number of hydrogen-bond acceptors (Lipinski definition) is 2. The summed E-state index contributed by atoms with van der Waals surface area (Å²) in [5, 5.41) is 0. The molecule has 2 aliphatic rings. The molecule has 0 heterocycles. The summed E-state index contributed by atoms with van der Waals surface area (Å²) >= 11 is 0. The van der Waals surface area contributed by atoms with Gasteiger partial charge >= 0.3 is 5.97 Å². The summed E-state index contributed by atoms with van der Waals surface area (Å²) in [5.74, 6) is 0.804. The topological polar surface area (TPSA) is 26.3 Å². The predicted octanol–water partition coefficient (Wildman–Crippen LogP) is 3.41. The van der Waals surface area contributed by atoms with Gasteiger partial charge in [-0.15, -0.1) is 0 Å². The Balaban J connectivity index is 2.39. The summed E-state index contributed by atoms with van der Waals surface area (Å²) in [7, 11) is 0. The number of carbonyl (C=O) groups is 1. The molecule has 92 valence electrons. The number of rotatable bonds is 2. The minimum Gasteiger partial charge on any atom is -0.462 e. The molecule has 2 rings (SSSR count). The van der Waals surface area contributed by atoms with E-state index in [1.807, 2.05) is 19.1 Å². The maximum Gasteiger partial charge on any atom is 0.338 e. The molecule has 0 bridgehead atoms. The second kappa shape index (κ2) is 4.91. The van der Waals surface area contributed by atoms with E-state index in [9.17, 15) is 4.79 Å². The number of carbonyl (C=O) groups excluding carboxylic acids is 1. The Kier molecular flexibility index (Phi) is 3.51. The minimum atomic E-state index is -0.174. The van der Waals surface area contributed by atoms with Crippen LogP contribution in [0, 0.1) is 11.8 Å². The van der Waals surface area contributed by atoms with E-state index >= 15 is 0 Å². The van der Waals surface area contributed by atoms with Crippen LogP contribution in [0.1, 0.15) is 33.1 Å². The molecular formula is C15H20O2. The van der Waals surface area contributed by atoms with E-state index < -0.39 is 0 Å². The summed E-state index contributed by atoms with van der Waals surface area (Å²) in [6.45, 7) is 8.70. The molecule has 0 aromatic carbocycles. The van der Waals surface area contributed by atoms with E-state index in [0.29, 0.717) is 18.4 Å². The summed E-state index contributed by atoms with van der Waals surface area (Å²) in [6, 6.07) is 0. The molecule has 0 aromatic heterocycles. The molecule has 0 aliphatic heterocycles. The second-order valence-corrected chi connectivity index (χ2v) is 4.92. The van der Waals surface area contributed by atoms with E-state index in [1.54, 1.807) is 0 Å². The van der Waals surface area contributed by atoms with E-state index in [-0.39, 0.29) is 5.97 Å². The molecule has 2 heteroatoms. The van der Waals surface area contributed by atoms with Crippen molar-refractivity contribution in [1.29, 1.82) is 0 Å². The minimum absolute atomic E-state index is 0.174. The summed E-state index contributed by atoms with van der Waals surface area (Å²) in [4.78, 5) is 11.9. The molecule has 0 aromatic rings. The molecule has 0 radical (unpaired) electrons. The van der Waals surface area contributed by atoms with Gasteiger partial charge in [-0.3, -0.25) is 0 Å². The molecule has 2 unspecified atom stereocenters. The van der Waals surface area contributed by atoms with Crippen molar-refractivity contribution in [2.24, 2.45) is 11.8 Å². The van der Waals surface area contributed by atoms with Crippen LogP contribution in [0.25, 0.3) is 0 Å². The fourth-order valence-electron chi connectivity index (χ4n) is 2.97. The third-order valence-electron chi connectivity index (χ3n) is 3.76. The highest BCUT2D eigenvalue weighted by molar-refractivity contribution is 5.93. The maximum absolute atomic E-state index is 11.9. The Morgan fingerprint density at radius 1 is 1.59 bits per heavy atom. The zero-order chi connectivity index (χ0) is 12.4. The predicted molar refractivity (Wildman–Crippen MR) is 68.4 cm³/mol. The van der Waals surface area contributed by atoms with E-state index in [0.717, 1.165) is 24.8 Å². The van der Waals surface area contributed by atoms with Gasteiger partial charge in [-0.2, -0.15) is 0 Å². The van der Waals surface area contributed by atoms with Gasteiger partial charge in [-0.05, 0) is 37.7 Å².